The van der Waals surface area contributed by atoms with Crippen molar-refractivity contribution in [1.82, 2.24) is 0 Å². The van der Waals surface area contributed by atoms with Crippen molar-refractivity contribution in [3.63, 3.8) is 0 Å². The second-order valence-electron chi connectivity index (χ2n) is 1.45. The van der Waals surface area contributed by atoms with Crippen LogP contribution in [0.3, 0.4) is 0 Å². The predicted octanol–water partition coefficient (Wildman–Crippen LogP) is 2.77. The van der Waals surface area contributed by atoms with Crippen LogP contribution in [0.2, 0.25) is 4.87 Å². The van der Waals surface area contributed by atoms with Gasteiger partial charge in [-0.25, -0.2) is 0 Å². The summed E-state index contributed by atoms with van der Waals surface area (Å²) in [5, 5.41) is 1.08. The molecule has 1 heterocycles. The molecule has 0 bridgehead atoms. The molecule has 1 saturated heterocycles. The van der Waals surface area contributed by atoms with Gasteiger partial charge >= 0.3 is 62.5 Å². The normalized spacial score (nSPS) is 15.3. The topological polar surface area (TPSA) is 0 Å². The Balaban J connectivity index is -0.000000163. The zero-order valence-electron chi connectivity index (χ0n) is 4.83. The fourth-order valence-corrected chi connectivity index (χ4v) is 7.89. The van der Waals surface area contributed by atoms with Crippen molar-refractivity contribution in [3.05, 3.63) is 0 Å². The Morgan fingerprint density at radius 2 is 1.90 bits per heavy atom. The summed E-state index contributed by atoms with van der Waals surface area (Å²) in [6.45, 7) is 0. The molecule has 0 N–H and O–H groups in total. The Morgan fingerprint density at radius 1 is 1.40 bits per heavy atom. The molecule has 0 aromatic heterocycles. The van der Waals surface area contributed by atoms with E-state index in [1.165, 1.54) is 11.5 Å². The molecule has 4 heteroatoms. The van der Waals surface area contributed by atoms with Crippen LogP contribution in [0.25, 0.3) is 0 Å². The van der Waals surface area contributed by atoms with Gasteiger partial charge in [-0.15, -0.1) is 0 Å². The maximum atomic E-state index is 2.38. The van der Waals surface area contributed by atoms with E-state index < -0.39 is 0 Å². The monoisotopic (exact) mass is 362 g/mol. The molecule has 10 heavy (non-hydrogen) atoms. The molecule has 0 aliphatic carbocycles. The third-order valence-corrected chi connectivity index (χ3v) is 7.76. The van der Waals surface area contributed by atoms with Gasteiger partial charge in [-0.3, -0.25) is 0 Å². The summed E-state index contributed by atoms with van der Waals surface area (Å²) in [5.74, 6) is 2.88. The molecule has 0 atom stereocenters. The van der Waals surface area contributed by atoms with Gasteiger partial charge in [0.15, 0.2) is 0 Å². The van der Waals surface area contributed by atoms with Crippen molar-refractivity contribution in [1.29, 1.82) is 0 Å². The van der Waals surface area contributed by atoms with Gasteiger partial charge in [0.2, 0.25) is 0 Å². The Morgan fingerprint density at radius 3 is 2.00 bits per heavy atom. The summed E-state index contributed by atoms with van der Waals surface area (Å²) >= 11 is 2.32. The predicted molar refractivity (Wildman–Crippen MR) is 53.8 cm³/mol. The molecule has 0 unspecified atom stereocenters. The molecule has 1 fully saturated rings. The van der Waals surface area contributed by atoms with Gasteiger partial charge in [-0.05, 0) is 0 Å². The van der Waals surface area contributed by atoms with E-state index in [0.29, 0.717) is 0 Å². The summed E-state index contributed by atoms with van der Waals surface area (Å²) in [6.07, 6.45) is 0. The number of hydrogen-bond donors (Lipinski definition) is 0. The summed E-state index contributed by atoms with van der Waals surface area (Å²) in [7, 11) is 2.25. The fraction of sp³-hybridized carbons (Fsp3) is 1.00. The second kappa shape index (κ2) is 11.6. The van der Waals surface area contributed by atoms with E-state index in [9.17, 15) is 0 Å². The first-order valence-corrected chi connectivity index (χ1v) is 9.93. The maximum absolute atomic E-state index is 2.38. The third-order valence-electron chi connectivity index (χ3n) is 0.862. The minimum atomic E-state index is 0. The molecule has 1 aliphatic heterocycles. The summed E-state index contributed by atoms with van der Waals surface area (Å²) in [5.41, 5.74) is 0. The van der Waals surface area contributed by atoms with Crippen LogP contribution in [0.4, 0.5) is 0 Å². The van der Waals surface area contributed by atoms with E-state index in [-0.39, 0.29) is 67.8 Å². The van der Waals surface area contributed by atoms with E-state index in [1.807, 2.05) is 0 Å². The van der Waals surface area contributed by atoms with Crippen molar-refractivity contribution in [2.45, 2.75) is 25.0 Å². The van der Waals surface area contributed by atoms with Gasteiger partial charge in [0.05, 0.1) is 0 Å². The van der Waals surface area contributed by atoms with Crippen LogP contribution in [-0.2, 0) is 32.7 Å². The van der Waals surface area contributed by atoms with Gasteiger partial charge in [0.25, 0.3) is 0 Å². The van der Waals surface area contributed by atoms with Crippen LogP contribution in [0, 0.1) is 0 Å². The smallest absolute Gasteiger partial charge is 0 e. The van der Waals surface area contributed by atoms with Gasteiger partial charge in [-0.1, -0.05) is 14.9 Å². The van der Waals surface area contributed by atoms with Crippen LogP contribution < -0.4 is 0 Å². The maximum Gasteiger partial charge on any atom is 0 e. The summed E-state index contributed by atoms with van der Waals surface area (Å²) in [6, 6.07) is 0. The number of rotatable bonds is 2. The minimum absolute atomic E-state index is 0. The largest absolute Gasteiger partial charge is 0 e. The van der Waals surface area contributed by atoms with Gasteiger partial charge in [-0.2, -0.15) is 0 Å². The van der Waals surface area contributed by atoms with E-state index in [0.717, 1.165) is 5.25 Å². The second-order valence-corrected chi connectivity index (χ2v) is 8.70. The standard InChI is InChI=1S/C3H6S2.2CH4.CH3.Sb.Y/c4-3-1-5-2-3;;;;;/h3-4H,1-2H2;2*1H4;1H3;;/q;;;;+1;/p-1. The van der Waals surface area contributed by atoms with Crippen LogP contribution in [0.1, 0.15) is 14.9 Å². The van der Waals surface area contributed by atoms with E-state index in [2.05, 4.69) is 25.5 Å². The Bertz CT molecular complexity index is 59.7. The minimum Gasteiger partial charge on any atom is 0 e. The fourth-order valence-electron chi connectivity index (χ4n) is 0.424. The van der Waals surface area contributed by atoms with E-state index in [4.69, 9.17) is 0 Å². The van der Waals surface area contributed by atoms with Gasteiger partial charge < -0.3 is 0 Å². The average molecular weight is 363 g/mol. The summed E-state index contributed by atoms with van der Waals surface area (Å²) in [4.78, 5) is 2.38. The SMILES string of the molecule is C.C.[CH3][Sb][S]C1CSC1.[Y]. The van der Waals surface area contributed by atoms with Crippen molar-refractivity contribution >= 4 is 40.8 Å². The van der Waals surface area contributed by atoms with E-state index >= 15 is 0 Å². The molecule has 0 amide bonds. The quantitative estimate of drug-likeness (QED) is 0.693. The van der Waals surface area contributed by atoms with Gasteiger partial charge in [0.1, 0.15) is 0 Å². The zero-order chi connectivity index (χ0) is 5.11. The number of hydrogen-bond acceptors (Lipinski definition) is 2. The first-order valence-electron chi connectivity index (χ1n) is 2.26. The van der Waals surface area contributed by atoms with Crippen LogP contribution in [-0.4, -0.2) is 37.0 Å². The number of thioether (sulfide) groups is 1. The molecule has 60 valence electrons. The molecule has 0 nitrogen and oxygen atoms in total. The Kier molecular flexibility index (Phi) is 21.4. The molecule has 0 saturated carbocycles. The first-order chi connectivity index (χ1) is 3.43. The van der Waals surface area contributed by atoms with Gasteiger partial charge in [0, 0.05) is 32.7 Å². The van der Waals surface area contributed by atoms with Crippen LogP contribution >= 0.6 is 20.6 Å². The molecule has 1 rings (SSSR count). The molecule has 0 aromatic carbocycles. The Labute approximate surface area is 108 Å². The summed E-state index contributed by atoms with van der Waals surface area (Å²) < 4.78 is 0. The molecular formula is C6H16S2SbY. The molecule has 2 radical (unpaired) electrons. The molecule has 0 aromatic rings. The first kappa shape index (κ1) is 18.4. The molecule has 0 spiro atoms. The van der Waals surface area contributed by atoms with Crippen LogP contribution in [0.15, 0.2) is 0 Å². The van der Waals surface area contributed by atoms with Crippen molar-refractivity contribution in [2.24, 2.45) is 0 Å². The van der Waals surface area contributed by atoms with E-state index in [1.54, 1.807) is 0 Å². The zero-order valence-corrected chi connectivity index (χ0v) is 11.9. The molecule has 1 aliphatic rings. The molecular weight excluding hydrogens is 347 g/mol. The Hall–Kier alpha value is 2.62. The third kappa shape index (κ3) is 7.28. The van der Waals surface area contributed by atoms with Crippen LogP contribution in [0.5, 0.6) is 0 Å². The van der Waals surface area contributed by atoms with Crippen molar-refractivity contribution in [2.75, 3.05) is 11.5 Å². The average Bonchev–Trinajstić information content (AvgIpc) is 1.55. The van der Waals surface area contributed by atoms with Crippen molar-refractivity contribution < 1.29 is 32.7 Å². The van der Waals surface area contributed by atoms with Crippen molar-refractivity contribution in [3.8, 4) is 0 Å².